The van der Waals surface area contributed by atoms with Crippen LogP contribution in [0, 0.1) is 6.92 Å². The Morgan fingerprint density at radius 1 is 1.25 bits per heavy atom. The van der Waals surface area contributed by atoms with Crippen LogP contribution in [0.3, 0.4) is 0 Å². The van der Waals surface area contributed by atoms with Crippen LogP contribution in [0.5, 0.6) is 0 Å². The molecule has 16 heavy (non-hydrogen) atoms. The average Bonchev–Trinajstić information content (AvgIpc) is 2.22. The molecule has 4 nitrogen and oxygen atoms in total. The molecule has 0 saturated carbocycles. The van der Waals surface area contributed by atoms with Gasteiger partial charge in [0.05, 0.1) is 0 Å². The highest BCUT2D eigenvalue weighted by molar-refractivity contribution is 6.70. The summed E-state index contributed by atoms with van der Waals surface area (Å²) < 4.78 is 15.9. The monoisotopic (exact) mass is 244 g/mol. The third kappa shape index (κ3) is 3.98. The van der Waals surface area contributed by atoms with Crippen LogP contribution in [0.15, 0.2) is 13.6 Å². The van der Waals surface area contributed by atoms with E-state index in [-0.39, 0.29) is 5.60 Å². The normalized spacial score (nSPS) is 13.1. The fourth-order valence-electron chi connectivity index (χ4n) is 1.79. The molecule has 0 N–H and O–H groups in total. The Bertz CT molecular complexity index is 408. The van der Waals surface area contributed by atoms with Crippen molar-refractivity contribution in [3.8, 4) is 0 Å². The van der Waals surface area contributed by atoms with Gasteiger partial charge in [0, 0.05) is 11.6 Å². The lowest BCUT2D eigenvalue weighted by Crippen LogP contribution is -2.41. The highest BCUT2D eigenvalue weighted by Gasteiger charge is 2.31. The lowest BCUT2D eigenvalue weighted by molar-refractivity contribution is 0.119. The Hall–Kier alpha value is -0.813. The van der Waals surface area contributed by atoms with E-state index in [0.717, 1.165) is 0 Å². The van der Waals surface area contributed by atoms with Gasteiger partial charge in [0.2, 0.25) is 0 Å². The van der Waals surface area contributed by atoms with Crippen molar-refractivity contribution < 1.29 is 13.3 Å². The van der Waals surface area contributed by atoms with Crippen molar-refractivity contribution in [1.29, 1.82) is 0 Å². The first-order chi connectivity index (χ1) is 7.09. The molecule has 1 heterocycles. The minimum absolute atomic E-state index is 0.173. The van der Waals surface area contributed by atoms with Crippen LogP contribution >= 0.6 is 0 Å². The van der Waals surface area contributed by atoms with Crippen molar-refractivity contribution in [3.05, 3.63) is 22.1 Å². The van der Waals surface area contributed by atoms with Crippen LogP contribution in [-0.4, -0.2) is 13.9 Å². The van der Waals surface area contributed by atoms with Gasteiger partial charge in [0.1, 0.15) is 11.5 Å². The van der Waals surface area contributed by atoms with Crippen LogP contribution in [0.4, 0.5) is 0 Å². The average molecular weight is 244 g/mol. The third-order valence-electron chi connectivity index (χ3n) is 2.00. The predicted octanol–water partition coefficient (Wildman–Crippen LogP) is 2.64. The summed E-state index contributed by atoms with van der Waals surface area (Å²) in [5.41, 5.74) is -0.173. The molecule has 1 rings (SSSR count). The summed E-state index contributed by atoms with van der Waals surface area (Å²) in [5, 5.41) is 0. The Labute approximate surface area is 96.7 Å². The zero-order valence-corrected chi connectivity index (χ0v) is 11.8. The zero-order valence-electron chi connectivity index (χ0n) is 10.8. The van der Waals surface area contributed by atoms with Crippen LogP contribution in [0.2, 0.25) is 13.1 Å². The van der Waals surface area contributed by atoms with Gasteiger partial charge >= 0.3 is 5.82 Å². The molecule has 1 aromatic heterocycles. The molecule has 0 bridgehead atoms. The second-order valence-electron chi connectivity index (χ2n) is 5.58. The quantitative estimate of drug-likeness (QED) is 0.767. The van der Waals surface area contributed by atoms with E-state index < -0.39 is 14.1 Å². The summed E-state index contributed by atoms with van der Waals surface area (Å²) in [4.78, 5) is 10.9. The van der Waals surface area contributed by atoms with E-state index in [2.05, 4.69) is 13.1 Å². The molecule has 0 aliphatic heterocycles. The fourth-order valence-corrected chi connectivity index (χ4v) is 4.61. The lowest BCUT2D eigenvalue weighted by Gasteiger charge is -2.31. The van der Waals surface area contributed by atoms with Gasteiger partial charge in [0.15, 0.2) is 8.32 Å². The van der Waals surface area contributed by atoms with Gasteiger partial charge < -0.3 is 13.3 Å². The maximum atomic E-state index is 10.9. The van der Waals surface area contributed by atoms with Crippen LogP contribution in [0.25, 0.3) is 0 Å². The highest BCUT2D eigenvalue weighted by atomic mass is 28.4. The summed E-state index contributed by atoms with van der Waals surface area (Å²) in [5.74, 6) is 0.544. The molecule has 0 aliphatic rings. The second kappa shape index (κ2) is 4.22. The maximum Gasteiger partial charge on any atom is 0.518 e. The van der Waals surface area contributed by atoms with Gasteiger partial charge in [-0.15, -0.1) is 0 Å². The minimum Gasteiger partial charge on any atom is -0.412 e. The van der Waals surface area contributed by atoms with E-state index in [4.69, 9.17) is 13.3 Å². The molecule has 0 spiro atoms. The molecular formula is C11H20O4Si. The standard InChI is InChI=1S/C11H20O4Si/c1-8-9(14-10(12)13-8)7-16(5,6)15-11(2,3)4/h7H2,1-6H3. The van der Waals surface area contributed by atoms with E-state index in [1.54, 1.807) is 6.92 Å². The van der Waals surface area contributed by atoms with Crippen LogP contribution in [0.1, 0.15) is 32.3 Å². The molecule has 0 saturated heterocycles. The van der Waals surface area contributed by atoms with E-state index in [9.17, 15) is 4.79 Å². The third-order valence-corrected chi connectivity index (χ3v) is 4.34. The van der Waals surface area contributed by atoms with Gasteiger partial charge in [-0.2, -0.15) is 0 Å². The minimum atomic E-state index is -1.89. The molecule has 92 valence electrons. The van der Waals surface area contributed by atoms with Crippen molar-refractivity contribution in [3.63, 3.8) is 0 Å². The van der Waals surface area contributed by atoms with Crippen molar-refractivity contribution in [2.45, 2.75) is 52.4 Å². The lowest BCUT2D eigenvalue weighted by atomic mass is 10.2. The van der Waals surface area contributed by atoms with Gasteiger partial charge in [-0.3, -0.25) is 0 Å². The van der Waals surface area contributed by atoms with E-state index in [1.807, 2.05) is 20.8 Å². The summed E-state index contributed by atoms with van der Waals surface area (Å²) in [6, 6.07) is 0.655. The molecule has 0 aromatic carbocycles. The molecule has 0 amide bonds. The Morgan fingerprint density at radius 2 is 1.81 bits per heavy atom. The van der Waals surface area contributed by atoms with Crippen molar-refractivity contribution in [1.82, 2.24) is 0 Å². The first-order valence-electron chi connectivity index (χ1n) is 5.39. The Kier molecular flexibility index (Phi) is 3.49. The number of aryl methyl sites for hydroxylation is 1. The zero-order chi connectivity index (χ0) is 12.6. The maximum absolute atomic E-state index is 10.9. The number of hydrogen-bond acceptors (Lipinski definition) is 4. The molecule has 0 unspecified atom stereocenters. The van der Waals surface area contributed by atoms with Crippen molar-refractivity contribution in [2.24, 2.45) is 0 Å². The van der Waals surface area contributed by atoms with Gasteiger partial charge in [-0.05, 0) is 40.8 Å². The van der Waals surface area contributed by atoms with Crippen molar-refractivity contribution in [2.75, 3.05) is 0 Å². The van der Waals surface area contributed by atoms with E-state index in [0.29, 0.717) is 17.6 Å². The van der Waals surface area contributed by atoms with E-state index in [1.165, 1.54) is 0 Å². The van der Waals surface area contributed by atoms with Crippen LogP contribution in [-0.2, 0) is 10.5 Å². The second-order valence-corrected chi connectivity index (χ2v) is 9.66. The number of hydrogen-bond donors (Lipinski definition) is 0. The molecule has 0 atom stereocenters. The predicted molar refractivity (Wildman–Crippen MR) is 64.0 cm³/mol. The van der Waals surface area contributed by atoms with Gasteiger partial charge in [-0.25, -0.2) is 4.79 Å². The molecule has 5 heteroatoms. The molecular weight excluding hydrogens is 224 g/mol. The summed E-state index contributed by atoms with van der Waals surface area (Å²) >= 11 is 0. The van der Waals surface area contributed by atoms with E-state index >= 15 is 0 Å². The summed E-state index contributed by atoms with van der Waals surface area (Å²) in [6.45, 7) is 12.0. The smallest absolute Gasteiger partial charge is 0.412 e. The first kappa shape index (κ1) is 13.3. The largest absolute Gasteiger partial charge is 0.518 e. The Morgan fingerprint density at radius 3 is 2.19 bits per heavy atom. The van der Waals surface area contributed by atoms with Gasteiger partial charge in [-0.1, -0.05) is 0 Å². The molecule has 0 fully saturated rings. The molecule has 0 aliphatic carbocycles. The summed E-state index contributed by atoms with van der Waals surface area (Å²) in [7, 11) is -1.89. The molecule has 0 radical (unpaired) electrons. The highest BCUT2D eigenvalue weighted by Crippen LogP contribution is 2.21. The summed E-state index contributed by atoms with van der Waals surface area (Å²) in [6.07, 6.45) is 0. The topological polar surface area (TPSA) is 52.6 Å². The van der Waals surface area contributed by atoms with Crippen LogP contribution < -0.4 is 5.82 Å². The SMILES string of the molecule is Cc1oc(=O)oc1C[Si](C)(C)OC(C)(C)C. The molecule has 1 aromatic rings. The van der Waals surface area contributed by atoms with Gasteiger partial charge in [0.25, 0.3) is 0 Å². The fraction of sp³-hybridized carbons (Fsp3) is 0.727. The number of rotatable bonds is 3. The Balaban J connectivity index is 2.80. The van der Waals surface area contributed by atoms with Crippen molar-refractivity contribution >= 4 is 8.32 Å². The first-order valence-corrected chi connectivity index (χ1v) is 8.50.